The predicted molar refractivity (Wildman–Crippen MR) is 86.2 cm³/mol. The molecule has 0 amide bonds. The summed E-state index contributed by atoms with van der Waals surface area (Å²) in [6.07, 6.45) is 0. The minimum absolute atomic E-state index is 0.0603. The zero-order valence-electron chi connectivity index (χ0n) is 12.2. The van der Waals surface area contributed by atoms with E-state index in [-0.39, 0.29) is 17.4 Å². The summed E-state index contributed by atoms with van der Waals surface area (Å²) in [6.45, 7) is 6.19. The number of nitrogens with zero attached hydrogens (tertiary/aromatic N) is 1. The molecule has 8 heteroatoms. The molecule has 2 heterocycles. The summed E-state index contributed by atoms with van der Waals surface area (Å²) in [5, 5.41) is 0.346. The Morgan fingerprint density at radius 3 is 2.43 bits per heavy atom. The van der Waals surface area contributed by atoms with E-state index in [2.05, 4.69) is 4.99 Å². The van der Waals surface area contributed by atoms with Crippen molar-refractivity contribution >= 4 is 44.4 Å². The molecule has 0 spiro atoms. The molecule has 1 aliphatic rings. The van der Waals surface area contributed by atoms with Crippen LogP contribution in [0.4, 0.5) is 0 Å². The number of amidine groups is 1. The van der Waals surface area contributed by atoms with Crippen molar-refractivity contribution in [2.75, 3.05) is 5.75 Å². The Morgan fingerprint density at radius 2 is 2.00 bits per heavy atom. The molecule has 0 saturated heterocycles. The largest absolute Gasteiger partial charge is 0.386 e. The molecule has 1 unspecified atom stereocenters. The van der Waals surface area contributed by atoms with Crippen molar-refractivity contribution in [3.8, 4) is 0 Å². The van der Waals surface area contributed by atoms with Crippen molar-refractivity contribution in [3.05, 3.63) is 20.8 Å². The molecule has 116 valence electrons. The molecule has 5 nitrogen and oxygen atoms in total. The van der Waals surface area contributed by atoms with Gasteiger partial charge in [-0.1, -0.05) is 11.6 Å². The van der Waals surface area contributed by atoms with Gasteiger partial charge in [-0.15, -0.1) is 11.3 Å². The highest BCUT2D eigenvalue weighted by Gasteiger charge is 2.49. The molecule has 2 N–H and O–H groups in total. The van der Waals surface area contributed by atoms with E-state index < -0.39 is 20.1 Å². The Bertz CT molecular complexity index is 749. The van der Waals surface area contributed by atoms with Crippen molar-refractivity contribution in [1.29, 1.82) is 0 Å². The van der Waals surface area contributed by atoms with E-state index in [9.17, 15) is 13.2 Å². The Kier molecular flexibility index (Phi) is 3.75. The first-order chi connectivity index (χ1) is 9.41. The molecule has 1 atom stereocenters. The molecule has 0 bridgehead atoms. The van der Waals surface area contributed by atoms with Crippen molar-refractivity contribution in [1.82, 2.24) is 0 Å². The number of aliphatic imine (C=N–C) groups is 1. The molecule has 1 aromatic rings. The van der Waals surface area contributed by atoms with Gasteiger partial charge in [0.1, 0.15) is 16.1 Å². The maximum atomic E-state index is 12.5. The van der Waals surface area contributed by atoms with E-state index in [1.807, 2.05) is 0 Å². The summed E-state index contributed by atoms with van der Waals surface area (Å²) < 4.78 is 23.8. The number of carbonyl (C=O) groups is 1. The molecule has 1 aromatic heterocycles. The molecule has 0 radical (unpaired) electrons. The molecular weight excluding hydrogens is 332 g/mol. The quantitative estimate of drug-likeness (QED) is 0.831. The lowest BCUT2D eigenvalue weighted by molar-refractivity contribution is 0.102. The smallest absolute Gasteiger partial charge is 0.169 e. The number of ketones is 1. The van der Waals surface area contributed by atoms with Crippen LogP contribution in [0.25, 0.3) is 0 Å². The van der Waals surface area contributed by atoms with Gasteiger partial charge in [0.15, 0.2) is 15.6 Å². The summed E-state index contributed by atoms with van der Waals surface area (Å²) in [5.74, 6) is -0.247. The van der Waals surface area contributed by atoms with Crippen LogP contribution in [0, 0.1) is 0 Å². The third-order valence-corrected chi connectivity index (χ3v) is 8.36. The summed E-state index contributed by atoms with van der Waals surface area (Å²) in [7, 11) is -3.49. The average Bonchev–Trinajstić information content (AvgIpc) is 2.69. The van der Waals surface area contributed by atoms with Crippen LogP contribution in [0.2, 0.25) is 5.02 Å². The first-order valence-corrected chi connectivity index (χ1v) is 9.14. The molecule has 1 aliphatic heterocycles. The van der Waals surface area contributed by atoms with Crippen molar-refractivity contribution in [2.24, 2.45) is 10.7 Å². The first kappa shape index (κ1) is 16.5. The maximum absolute atomic E-state index is 12.5. The van der Waals surface area contributed by atoms with Crippen molar-refractivity contribution in [3.63, 3.8) is 0 Å². The molecule has 21 heavy (non-hydrogen) atoms. The lowest BCUT2D eigenvalue weighted by Gasteiger charge is -2.37. The first-order valence-electron chi connectivity index (χ1n) is 6.29. The summed E-state index contributed by atoms with van der Waals surface area (Å²) in [5.41, 5.74) is 4.82. The van der Waals surface area contributed by atoms with Crippen LogP contribution in [-0.2, 0) is 15.4 Å². The highest BCUT2D eigenvalue weighted by molar-refractivity contribution is 7.93. The van der Waals surface area contributed by atoms with Crippen LogP contribution < -0.4 is 5.73 Å². The third-order valence-electron chi connectivity index (χ3n) is 3.76. The summed E-state index contributed by atoms with van der Waals surface area (Å²) in [6, 6.07) is 1.55. The highest BCUT2D eigenvalue weighted by Crippen LogP contribution is 2.43. The minimum atomic E-state index is -3.49. The maximum Gasteiger partial charge on any atom is 0.169 e. The third kappa shape index (κ3) is 2.51. The Balaban J connectivity index is 2.64. The van der Waals surface area contributed by atoms with E-state index in [1.54, 1.807) is 13.0 Å². The lowest BCUT2D eigenvalue weighted by Crippen LogP contribution is -2.54. The standard InChI is InChI=1S/C13H17ClN2O3S2/c1-7(17)9-5-8(14)10(20-9)13(4)6-21(18,19)12(2,3)11(15)16-13/h5H,6H2,1-4H3,(H2,15,16). The normalized spacial score (nSPS) is 27.2. The van der Waals surface area contributed by atoms with Gasteiger partial charge < -0.3 is 5.73 Å². The van der Waals surface area contributed by atoms with Gasteiger partial charge in [0.2, 0.25) is 0 Å². The van der Waals surface area contributed by atoms with Crippen molar-refractivity contribution in [2.45, 2.75) is 38.0 Å². The van der Waals surface area contributed by atoms with Crippen LogP contribution in [-0.4, -0.2) is 30.5 Å². The van der Waals surface area contributed by atoms with E-state index >= 15 is 0 Å². The molecule has 0 saturated carbocycles. The van der Waals surface area contributed by atoms with Crippen LogP contribution >= 0.6 is 22.9 Å². The van der Waals surface area contributed by atoms with Gasteiger partial charge in [-0.05, 0) is 33.8 Å². The van der Waals surface area contributed by atoms with Gasteiger partial charge in [0.05, 0.1) is 20.5 Å². The predicted octanol–water partition coefficient (Wildman–Crippen LogP) is 2.38. The Hall–Kier alpha value is -0.920. The monoisotopic (exact) mass is 348 g/mol. The molecule has 0 aliphatic carbocycles. The lowest BCUT2D eigenvalue weighted by atomic mass is 10.0. The van der Waals surface area contributed by atoms with Gasteiger partial charge in [0.25, 0.3) is 0 Å². The number of nitrogens with two attached hydrogens (primary N) is 1. The van der Waals surface area contributed by atoms with Crippen LogP contribution in [0.5, 0.6) is 0 Å². The molecule has 0 fully saturated rings. The number of sulfone groups is 1. The van der Waals surface area contributed by atoms with Crippen LogP contribution in [0.15, 0.2) is 11.1 Å². The van der Waals surface area contributed by atoms with Crippen molar-refractivity contribution < 1.29 is 13.2 Å². The number of hydrogen-bond acceptors (Lipinski definition) is 6. The van der Waals surface area contributed by atoms with E-state index in [0.717, 1.165) is 0 Å². The number of halogens is 1. The zero-order valence-corrected chi connectivity index (χ0v) is 14.6. The molecular formula is C13H17ClN2O3S2. The van der Waals surface area contributed by atoms with E-state index in [1.165, 1.54) is 32.1 Å². The zero-order chi connectivity index (χ0) is 16.2. The fourth-order valence-corrected chi connectivity index (χ4v) is 5.46. The second kappa shape index (κ2) is 4.79. The number of thiophene rings is 1. The number of carbonyl (C=O) groups excluding carboxylic acids is 1. The highest BCUT2D eigenvalue weighted by atomic mass is 35.5. The van der Waals surface area contributed by atoms with E-state index in [0.29, 0.717) is 14.8 Å². The summed E-state index contributed by atoms with van der Waals surface area (Å²) in [4.78, 5) is 16.9. The number of Topliss-reactive ketones (excluding diaryl/α,β-unsaturated/α-hetero) is 1. The topological polar surface area (TPSA) is 89.6 Å². The Morgan fingerprint density at radius 1 is 1.43 bits per heavy atom. The molecule has 2 rings (SSSR count). The van der Waals surface area contributed by atoms with Gasteiger partial charge in [-0.2, -0.15) is 0 Å². The van der Waals surface area contributed by atoms with Crippen LogP contribution in [0.1, 0.15) is 42.2 Å². The molecule has 0 aromatic carbocycles. The number of rotatable bonds is 2. The minimum Gasteiger partial charge on any atom is -0.386 e. The van der Waals surface area contributed by atoms with Gasteiger partial charge in [0, 0.05) is 0 Å². The van der Waals surface area contributed by atoms with Gasteiger partial charge in [-0.25, -0.2) is 8.42 Å². The van der Waals surface area contributed by atoms with Crippen LogP contribution in [0.3, 0.4) is 0 Å². The fraction of sp³-hybridized carbons (Fsp3) is 0.538. The number of hydrogen-bond donors (Lipinski definition) is 1. The second-order valence-electron chi connectivity index (χ2n) is 5.88. The van der Waals surface area contributed by atoms with E-state index in [4.69, 9.17) is 17.3 Å². The summed E-state index contributed by atoms with van der Waals surface area (Å²) >= 11 is 7.34. The van der Waals surface area contributed by atoms with Gasteiger partial charge >= 0.3 is 0 Å². The average molecular weight is 349 g/mol. The Labute approximate surface area is 133 Å². The second-order valence-corrected chi connectivity index (χ2v) is 9.88. The fourth-order valence-electron chi connectivity index (χ4n) is 2.17. The van der Waals surface area contributed by atoms with Gasteiger partial charge in [-0.3, -0.25) is 9.79 Å². The SMILES string of the molecule is CC(=O)c1cc(Cl)c(C2(C)CS(=O)(=O)C(C)(C)C(N)=N2)s1.